The summed E-state index contributed by atoms with van der Waals surface area (Å²) in [6, 6.07) is 11.5. The van der Waals surface area contributed by atoms with E-state index in [0.717, 1.165) is 27.0 Å². The third kappa shape index (κ3) is 3.46. The van der Waals surface area contributed by atoms with E-state index in [0.29, 0.717) is 0 Å². The van der Waals surface area contributed by atoms with Gasteiger partial charge in [0.15, 0.2) is 0 Å². The first kappa shape index (κ1) is 16.1. The summed E-state index contributed by atoms with van der Waals surface area (Å²) in [7, 11) is 0. The van der Waals surface area contributed by atoms with E-state index in [4.69, 9.17) is 0 Å². The average molecular weight is 358 g/mol. The van der Waals surface area contributed by atoms with Crippen LogP contribution < -0.4 is 5.43 Å². The third-order valence-corrected chi connectivity index (χ3v) is 4.21. The SMILES string of the molecule is Cc1ccc(/C=C(/C#N)C(=O)Nn2c(C)ccc2C)cc1Br. The maximum absolute atomic E-state index is 12.3. The summed E-state index contributed by atoms with van der Waals surface area (Å²) in [5.41, 5.74) is 6.49. The van der Waals surface area contributed by atoms with E-state index >= 15 is 0 Å². The lowest BCUT2D eigenvalue weighted by atomic mass is 10.1. The van der Waals surface area contributed by atoms with Crippen molar-refractivity contribution in [2.24, 2.45) is 0 Å². The van der Waals surface area contributed by atoms with Crippen molar-refractivity contribution in [2.75, 3.05) is 5.43 Å². The molecule has 1 amide bonds. The van der Waals surface area contributed by atoms with E-state index in [1.165, 1.54) is 0 Å². The Balaban J connectivity index is 2.27. The summed E-state index contributed by atoms with van der Waals surface area (Å²) in [6.07, 6.45) is 1.58. The molecule has 0 radical (unpaired) electrons. The molecule has 112 valence electrons. The molecule has 0 atom stereocenters. The second kappa shape index (κ2) is 6.63. The molecular weight excluding hydrogens is 342 g/mol. The quantitative estimate of drug-likeness (QED) is 0.669. The normalized spacial score (nSPS) is 11.1. The van der Waals surface area contributed by atoms with Crippen molar-refractivity contribution in [3.8, 4) is 6.07 Å². The van der Waals surface area contributed by atoms with Crippen molar-refractivity contribution in [3.63, 3.8) is 0 Å². The van der Waals surface area contributed by atoms with E-state index in [-0.39, 0.29) is 5.57 Å². The van der Waals surface area contributed by atoms with E-state index in [1.54, 1.807) is 10.8 Å². The number of rotatable bonds is 3. The molecule has 0 aliphatic rings. The number of hydrogen-bond acceptors (Lipinski definition) is 2. The van der Waals surface area contributed by atoms with Gasteiger partial charge < -0.3 is 0 Å². The second-order valence-electron chi connectivity index (χ2n) is 5.07. The minimum atomic E-state index is -0.429. The summed E-state index contributed by atoms with van der Waals surface area (Å²) in [6.45, 7) is 5.76. The van der Waals surface area contributed by atoms with Gasteiger partial charge in [0.25, 0.3) is 5.91 Å². The fourth-order valence-electron chi connectivity index (χ4n) is 2.02. The van der Waals surface area contributed by atoms with Crippen LogP contribution in [-0.4, -0.2) is 10.6 Å². The van der Waals surface area contributed by atoms with Crippen molar-refractivity contribution in [3.05, 3.63) is 62.9 Å². The van der Waals surface area contributed by atoms with Gasteiger partial charge in [-0.15, -0.1) is 0 Å². The molecule has 1 aromatic carbocycles. The summed E-state index contributed by atoms with van der Waals surface area (Å²) >= 11 is 3.45. The van der Waals surface area contributed by atoms with Gasteiger partial charge >= 0.3 is 0 Å². The Bertz CT molecular complexity index is 777. The van der Waals surface area contributed by atoms with Crippen molar-refractivity contribution in [1.29, 1.82) is 5.26 Å². The molecule has 0 fully saturated rings. The summed E-state index contributed by atoms with van der Waals surface area (Å²) in [4.78, 5) is 12.3. The number of aryl methyl sites for hydroxylation is 3. The summed E-state index contributed by atoms with van der Waals surface area (Å²) in [5, 5.41) is 9.25. The van der Waals surface area contributed by atoms with Gasteiger partial charge in [-0.1, -0.05) is 28.1 Å². The Labute approximate surface area is 138 Å². The van der Waals surface area contributed by atoms with E-state index < -0.39 is 5.91 Å². The molecule has 0 bridgehead atoms. The lowest BCUT2D eigenvalue weighted by molar-refractivity contribution is -0.113. The minimum absolute atomic E-state index is 0.0586. The van der Waals surface area contributed by atoms with Crippen LogP contribution in [0.4, 0.5) is 0 Å². The van der Waals surface area contributed by atoms with Gasteiger partial charge in [0.05, 0.1) is 0 Å². The molecule has 0 aliphatic carbocycles. The number of carbonyl (C=O) groups is 1. The zero-order valence-electron chi connectivity index (χ0n) is 12.6. The monoisotopic (exact) mass is 357 g/mol. The van der Waals surface area contributed by atoms with Gasteiger partial charge in [-0.05, 0) is 56.2 Å². The maximum atomic E-state index is 12.3. The first-order valence-electron chi connectivity index (χ1n) is 6.76. The number of halogens is 1. The molecule has 2 aromatic rings. The van der Waals surface area contributed by atoms with Crippen molar-refractivity contribution < 1.29 is 4.79 Å². The van der Waals surface area contributed by atoms with Crippen LogP contribution in [0.5, 0.6) is 0 Å². The molecular formula is C17H16BrN3O. The van der Waals surface area contributed by atoms with Crippen LogP contribution >= 0.6 is 15.9 Å². The standard InChI is InChI=1S/C17H16BrN3O/c1-11-4-7-14(9-16(11)18)8-15(10-19)17(22)20-21-12(2)5-6-13(21)3/h4-9H,1-3H3,(H,20,22)/b15-8-. The molecule has 0 saturated heterocycles. The minimum Gasteiger partial charge on any atom is -0.267 e. The highest BCUT2D eigenvalue weighted by atomic mass is 79.9. The number of carbonyl (C=O) groups excluding carboxylic acids is 1. The molecule has 1 N–H and O–H groups in total. The smallest absolute Gasteiger partial charge is 0.267 e. The van der Waals surface area contributed by atoms with Gasteiger partial charge in [0, 0.05) is 15.9 Å². The fourth-order valence-corrected chi connectivity index (χ4v) is 2.42. The van der Waals surface area contributed by atoms with Crippen molar-refractivity contribution >= 4 is 27.9 Å². The third-order valence-electron chi connectivity index (χ3n) is 3.36. The number of hydrogen-bond donors (Lipinski definition) is 1. The predicted octanol–water partition coefficient (Wildman–Crippen LogP) is 3.85. The van der Waals surface area contributed by atoms with E-state index in [2.05, 4.69) is 21.4 Å². The maximum Gasteiger partial charge on any atom is 0.280 e. The van der Waals surface area contributed by atoms with Crippen LogP contribution in [0.2, 0.25) is 0 Å². The highest BCUT2D eigenvalue weighted by molar-refractivity contribution is 9.10. The number of benzene rings is 1. The largest absolute Gasteiger partial charge is 0.280 e. The van der Waals surface area contributed by atoms with Crippen LogP contribution in [0.3, 0.4) is 0 Å². The number of amides is 1. The Kier molecular flexibility index (Phi) is 4.84. The van der Waals surface area contributed by atoms with Crippen LogP contribution in [0.1, 0.15) is 22.5 Å². The van der Waals surface area contributed by atoms with E-state index in [1.807, 2.05) is 57.2 Å². The van der Waals surface area contributed by atoms with Crippen LogP contribution in [0.15, 0.2) is 40.4 Å². The number of nitrogens with zero attached hydrogens (tertiary/aromatic N) is 2. The highest BCUT2D eigenvalue weighted by Gasteiger charge is 2.11. The number of nitriles is 1. The molecule has 0 unspecified atom stereocenters. The Hall–Kier alpha value is -2.32. The lowest BCUT2D eigenvalue weighted by Gasteiger charge is -2.10. The summed E-state index contributed by atoms with van der Waals surface area (Å²) < 4.78 is 2.61. The van der Waals surface area contributed by atoms with Crippen LogP contribution in [0, 0.1) is 32.1 Å². The van der Waals surface area contributed by atoms with Gasteiger partial charge in [-0.2, -0.15) is 5.26 Å². The molecule has 1 heterocycles. The number of aromatic nitrogens is 1. The zero-order chi connectivity index (χ0) is 16.3. The molecule has 5 heteroatoms. The zero-order valence-corrected chi connectivity index (χ0v) is 14.2. The fraction of sp³-hybridized carbons (Fsp3) is 0.176. The molecule has 0 saturated carbocycles. The molecule has 22 heavy (non-hydrogen) atoms. The van der Waals surface area contributed by atoms with Crippen LogP contribution in [-0.2, 0) is 4.79 Å². The van der Waals surface area contributed by atoms with Crippen LogP contribution in [0.25, 0.3) is 6.08 Å². The first-order valence-corrected chi connectivity index (χ1v) is 7.56. The predicted molar refractivity (Wildman–Crippen MR) is 90.7 cm³/mol. The lowest BCUT2D eigenvalue weighted by Crippen LogP contribution is -2.25. The van der Waals surface area contributed by atoms with Crippen molar-refractivity contribution in [1.82, 2.24) is 4.68 Å². The van der Waals surface area contributed by atoms with Gasteiger partial charge in [-0.3, -0.25) is 14.9 Å². The highest BCUT2D eigenvalue weighted by Crippen LogP contribution is 2.19. The number of nitrogens with one attached hydrogen (secondary N) is 1. The Morgan fingerprint density at radius 3 is 2.41 bits per heavy atom. The van der Waals surface area contributed by atoms with Gasteiger partial charge in [0.1, 0.15) is 11.6 Å². The molecule has 0 spiro atoms. The Morgan fingerprint density at radius 2 is 1.86 bits per heavy atom. The van der Waals surface area contributed by atoms with E-state index in [9.17, 15) is 10.1 Å². The summed E-state index contributed by atoms with van der Waals surface area (Å²) in [5.74, 6) is -0.429. The average Bonchev–Trinajstić information content (AvgIpc) is 2.80. The Morgan fingerprint density at radius 1 is 1.23 bits per heavy atom. The molecule has 1 aromatic heterocycles. The topological polar surface area (TPSA) is 57.8 Å². The molecule has 4 nitrogen and oxygen atoms in total. The molecule has 0 aliphatic heterocycles. The second-order valence-corrected chi connectivity index (χ2v) is 5.93. The van der Waals surface area contributed by atoms with Crippen molar-refractivity contribution in [2.45, 2.75) is 20.8 Å². The van der Waals surface area contributed by atoms with Gasteiger partial charge in [-0.25, -0.2) is 0 Å². The van der Waals surface area contributed by atoms with Gasteiger partial charge in [0.2, 0.25) is 0 Å². The molecule has 2 rings (SSSR count). The first-order chi connectivity index (χ1) is 10.4.